The van der Waals surface area contributed by atoms with Gasteiger partial charge in [-0.05, 0) is 30.2 Å². The van der Waals surface area contributed by atoms with E-state index in [2.05, 4.69) is 10.1 Å². The summed E-state index contributed by atoms with van der Waals surface area (Å²) in [5.41, 5.74) is 4.33. The SMILES string of the molecule is CCC(CC)COC(=O)[C@@H](C)CP(=O)(OC[C@H]1O[C@@](C#N)(c2ccc3c(N)ncnn23)[C@H](O)[C@@H]1O)Oc1ccccc1. The highest BCUT2D eigenvalue weighted by Crippen LogP contribution is 2.51. The summed E-state index contributed by atoms with van der Waals surface area (Å²) in [6.45, 7) is 5.32. The summed E-state index contributed by atoms with van der Waals surface area (Å²) in [7, 11) is -4.07. The minimum Gasteiger partial charge on any atom is -0.465 e. The molecule has 4 rings (SSSR count). The fraction of sp³-hybridized carbons (Fsp3) is 0.500. The molecule has 2 aromatic heterocycles. The summed E-state index contributed by atoms with van der Waals surface area (Å²) >= 11 is 0. The molecule has 1 aliphatic rings. The molecule has 0 bridgehead atoms. The number of anilines is 1. The van der Waals surface area contributed by atoms with Crippen molar-refractivity contribution >= 4 is 24.9 Å². The zero-order chi connectivity index (χ0) is 30.5. The molecule has 1 fully saturated rings. The molecule has 1 aliphatic heterocycles. The molecule has 0 amide bonds. The Morgan fingerprint density at radius 2 is 1.95 bits per heavy atom. The second-order valence-electron chi connectivity index (χ2n) is 10.3. The zero-order valence-corrected chi connectivity index (χ0v) is 24.6. The van der Waals surface area contributed by atoms with Crippen LogP contribution in [0.4, 0.5) is 5.82 Å². The number of carbonyl (C=O) groups excluding carboxylic acids is 1. The summed E-state index contributed by atoms with van der Waals surface area (Å²) in [5, 5.41) is 36.2. The summed E-state index contributed by atoms with van der Waals surface area (Å²) in [6, 6.07) is 13.3. The second-order valence-corrected chi connectivity index (χ2v) is 12.3. The van der Waals surface area contributed by atoms with Crippen LogP contribution in [0.5, 0.6) is 5.75 Å². The summed E-state index contributed by atoms with van der Waals surface area (Å²) in [4.78, 5) is 16.7. The van der Waals surface area contributed by atoms with Crippen LogP contribution in [0, 0.1) is 23.2 Å². The Morgan fingerprint density at radius 1 is 1.24 bits per heavy atom. The average molecular weight is 602 g/mol. The standard InChI is InChI=1S/C28H36N5O8P/c1-4-19(5-2)13-38-27(36)18(3)15-42(37,41-20-9-7-6-8-10-20)39-14-22-24(34)25(35)28(16-29,40-22)23-12-11-21-26(30)31-17-32-33(21)23/h6-12,17-19,22,24-25,34-35H,4-5,13-15H2,1-3H3,(H2,30,31,32)/t18-,22+,24+,25+,28-,42?/m0/s1. The minimum absolute atomic E-state index is 0.112. The van der Waals surface area contributed by atoms with Crippen molar-refractivity contribution in [2.75, 3.05) is 25.1 Å². The highest BCUT2D eigenvalue weighted by atomic mass is 31.2. The van der Waals surface area contributed by atoms with Crippen molar-refractivity contribution < 1.29 is 38.1 Å². The highest BCUT2D eigenvalue weighted by molar-refractivity contribution is 7.54. The van der Waals surface area contributed by atoms with E-state index >= 15 is 0 Å². The Kier molecular flexibility index (Phi) is 9.86. The molecule has 0 saturated carbocycles. The van der Waals surface area contributed by atoms with Gasteiger partial charge >= 0.3 is 13.6 Å². The first-order chi connectivity index (χ1) is 20.1. The average Bonchev–Trinajstić information content (AvgIpc) is 3.53. The fourth-order valence-electron chi connectivity index (χ4n) is 4.77. The number of nitriles is 1. The van der Waals surface area contributed by atoms with E-state index in [1.807, 2.05) is 19.9 Å². The van der Waals surface area contributed by atoms with Gasteiger partial charge in [-0.25, -0.2) is 14.1 Å². The number of ether oxygens (including phenoxy) is 2. The zero-order valence-electron chi connectivity index (χ0n) is 23.7. The van der Waals surface area contributed by atoms with E-state index in [1.165, 1.54) is 16.9 Å². The predicted molar refractivity (Wildman–Crippen MR) is 151 cm³/mol. The second kappa shape index (κ2) is 13.2. The third kappa shape index (κ3) is 6.43. The van der Waals surface area contributed by atoms with Crippen molar-refractivity contribution in [3.8, 4) is 11.8 Å². The molecule has 3 heterocycles. The van der Waals surface area contributed by atoms with E-state index in [0.717, 1.165) is 12.8 Å². The number of hydrogen-bond donors (Lipinski definition) is 3. The van der Waals surface area contributed by atoms with Crippen molar-refractivity contribution in [3.05, 3.63) is 54.5 Å². The van der Waals surface area contributed by atoms with Gasteiger partial charge in [-0.2, -0.15) is 10.4 Å². The number of nitrogens with two attached hydrogens (primary N) is 1. The first kappa shape index (κ1) is 31.4. The van der Waals surface area contributed by atoms with Crippen LogP contribution in [0.25, 0.3) is 5.52 Å². The van der Waals surface area contributed by atoms with E-state index in [9.17, 15) is 24.8 Å². The third-order valence-electron chi connectivity index (χ3n) is 7.43. The van der Waals surface area contributed by atoms with Gasteiger partial charge in [-0.15, -0.1) is 0 Å². The van der Waals surface area contributed by atoms with E-state index < -0.39 is 50.0 Å². The maximum atomic E-state index is 14.0. The van der Waals surface area contributed by atoms with Crippen LogP contribution in [0.1, 0.15) is 39.3 Å². The predicted octanol–water partition coefficient (Wildman–Crippen LogP) is 3.06. The molecular weight excluding hydrogens is 565 g/mol. The van der Waals surface area contributed by atoms with Crippen molar-refractivity contribution in [2.45, 2.75) is 57.5 Å². The number of nitrogen functional groups attached to an aromatic ring is 1. The molecule has 14 heteroatoms. The number of nitrogens with zero attached hydrogens (tertiary/aromatic N) is 4. The Bertz CT molecular complexity index is 1460. The number of esters is 1. The molecule has 0 radical (unpaired) electrons. The van der Waals surface area contributed by atoms with Crippen molar-refractivity contribution in [1.29, 1.82) is 5.26 Å². The molecule has 0 spiro atoms. The van der Waals surface area contributed by atoms with Gasteiger partial charge in [0.1, 0.15) is 42.0 Å². The van der Waals surface area contributed by atoms with Gasteiger partial charge in [-0.1, -0.05) is 51.8 Å². The van der Waals surface area contributed by atoms with Crippen molar-refractivity contribution in [2.24, 2.45) is 11.8 Å². The topological polar surface area (TPSA) is 192 Å². The number of para-hydroxylation sites is 1. The van der Waals surface area contributed by atoms with Crippen LogP contribution in [0.3, 0.4) is 0 Å². The number of aromatic nitrogens is 3. The maximum absolute atomic E-state index is 14.0. The Labute approximate surface area is 243 Å². The van der Waals surface area contributed by atoms with Crippen LogP contribution in [-0.4, -0.2) is 68.5 Å². The van der Waals surface area contributed by atoms with E-state index in [4.69, 9.17) is 24.3 Å². The molecule has 1 aromatic carbocycles. The van der Waals surface area contributed by atoms with E-state index in [0.29, 0.717) is 5.52 Å². The maximum Gasteiger partial charge on any atom is 0.380 e. The first-order valence-corrected chi connectivity index (χ1v) is 15.5. The van der Waals surface area contributed by atoms with Gasteiger partial charge < -0.3 is 29.9 Å². The Morgan fingerprint density at radius 3 is 2.62 bits per heavy atom. The van der Waals surface area contributed by atoms with Crippen LogP contribution < -0.4 is 10.3 Å². The lowest BCUT2D eigenvalue weighted by atomic mass is 9.92. The number of aliphatic hydroxyl groups is 2. The molecule has 226 valence electrons. The van der Waals surface area contributed by atoms with Gasteiger partial charge in [0, 0.05) is 0 Å². The van der Waals surface area contributed by atoms with Gasteiger partial charge in [0.15, 0.2) is 5.82 Å². The fourth-order valence-corrected chi connectivity index (χ4v) is 6.64. The van der Waals surface area contributed by atoms with Gasteiger partial charge in [0.05, 0.1) is 31.0 Å². The lowest BCUT2D eigenvalue weighted by Gasteiger charge is -2.25. The molecule has 42 heavy (non-hydrogen) atoms. The molecule has 0 aliphatic carbocycles. The van der Waals surface area contributed by atoms with Crippen LogP contribution in [-0.2, 0) is 29.0 Å². The minimum atomic E-state index is -4.07. The molecular formula is C28H36N5O8P. The van der Waals surface area contributed by atoms with E-state index in [1.54, 1.807) is 43.3 Å². The van der Waals surface area contributed by atoms with Crippen molar-refractivity contribution in [3.63, 3.8) is 0 Å². The normalized spacial score (nSPS) is 24.3. The number of aliphatic hydroxyl groups excluding tert-OH is 2. The lowest BCUT2D eigenvalue weighted by Crippen LogP contribution is -2.41. The molecule has 13 nitrogen and oxygen atoms in total. The first-order valence-electron chi connectivity index (χ1n) is 13.8. The summed E-state index contributed by atoms with van der Waals surface area (Å²) < 4.78 is 38.2. The molecule has 6 atom stereocenters. The number of hydrogen-bond acceptors (Lipinski definition) is 12. The third-order valence-corrected chi connectivity index (χ3v) is 9.45. The van der Waals surface area contributed by atoms with Crippen molar-refractivity contribution in [1.82, 2.24) is 14.6 Å². The number of rotatable bonds is 13. The number of fused-ring (bicyclic) bond motifs is 1. The highest BCUT2D eigenvalue weighted by Gasteiger charge is 2.58. The number of carbonyl (C=O) groups is 1. The van der Waals surface area contributed by atoms with E-state index in [-0.39, 0.29) is 35.9 Å². The van der Waals surface area contributed by atoms with Gasteiger partial charge in [0.2, 0.25) is 5.60 Å². The van der Waals surface area contributed by atoms with Gasteiger partial charge in [-0.3, -0.25) is 9.32 Å². The summed E-state index contributed by atoms with van der Waals surface area (Å²) in [6.07, 6.45) is -2.05. The largest absolute Gasteiger partial charge is 0.465 e. The monoisotopic (exact) mass is 601 g/mol. The van der Waals surface area contributed by atoms with Crippen LogP contribution >= 0.6 is 7.60 Å². The quantitative estimate of drug-likeness (QED) is 0.192. The van der Waals surface area contributed by atoms with Gasteiger partial charge in [0.25, 0.3) is 0 Å². The molecule has 1 unspecified atom stereocenters. The lowest BCUT2D eigenvalue weighted by molar-refractivity contribution is -0.148. The molecule has 4 N–H and O–H groups in total. The molecule has 1 saturated heterocycles. The molecule has 3 aromatic rings. The summed E-state index contributed by atoms with van der Waals surface area (Å²) in [5.74, 6) is -0.777. The Balaban J connectivity index is 1.53. The Hall–Kier alpha value is -3.53. The van der Waals surface area contributed by atoms with Crippen LogP contribution in [0.15, 0.2) is 48.8 Å². The van der Waals surface area contributed by atoms with Crippen LogP contribution in [0.2, 0.25) is 0 Å². The smallest absolute Gasteiger partial charge is 0.380 e. The number of benzene rings is 1.